The van der Waals surface area contributed by atoms with Crippen molar-refractivity contribution in [1.82, 2.24) is 14.5 Å². The number of fused-ring (bicyclic) bond motifs is 1. The van der Waals surface area contributed by atoms with Gasteiger partial charge in [0.25, 0.3) is 0 Å². The minimum absolute atomic E-state index is 0.0316. The number of halogens is 1. The van der Waals surface area contributed by atoms with Crippen molar-refractivity contribution in [3.8, 4) is 0 Å². The van der Waals surface area contributed by atoms with Crippen molar-refractivity contribution in [3.05, 3.63) is 39.9 Å². The Labute approximate surface area is 116 Å². The third-order valence-electron chi connectivity index (χ3n) is 2.44. The number of hydrogen-bond acceptors (Lipinski definition) is 6. The Kier molecular flexibility index (Phi) is 3.00. The molecule has 0 N–H and O–H groups in total. The van der Waals surface area contributed by atoms with E-state index in [0.29, 0.717) is 16.4 Å². The molecule has 0 radical (unpaired) electrons. The first-order valence-electron chi connectivity index (χ1n) is 5.35. The molecule has 3 aromatic heterocycles. The molecule has 0 aromatic carbocycles. The van der Waals surface area contributed by atoms with Gasteiger partial charge in [0.15, 0.2) is 15.8 Å². The molecule has 98 valence electrons. The molecule has 19 heavy (non-hydrogen) atoms. The fraction of sp³-hybridized carbons (Fsp3) is 0.182. The molecule has 0 atom stereocenters. The fourth-order valence-electron chi connectivity index (χ4n) is 1.64. The summed E-state index contributed by atoms with van der Waals surface area (Å²) in [7, 11) is 0. The van der Waals surface area contributed by atoms with Crippen LogP contribution in [0.25, 0.3) is 4.96 Å². The largest absolute Gasteiger partial charge is 0.454 e. The van der Waals surface area contributed by atoms with Crippen LogP contribution in [0.5, 0.6) is 0 Å². The number of esters is 1. The average molecular weight is 298 g/mol. The second kappa shape index (κ2) is 4.67. The molecule has 0 aliphatic heterocycles. The van der Waals surface area contributed by atoms with Crippen LogP contribution in [0.4, 0.5) is 0 Å². The Morgan fingerprint density at radius 3 is 3.21 bits per heavy atom. The lowest BCUT2D eigenvalue weighted by molar-refractivity contribution is 0.0456. The highest BCUT2D eigenvalue weighted by Crippen LogP contribution is 2.22. The van der Waals surface area contributed by atoms with Crippen molar-refractivity contribution in [1.29, 1.82) is 0 Å². The Morgan fingerprint density at radius 1 is 1.63 bits per heavy atom. The van der Waals surface area contributed by atoms with Gasteiger partial charge in [0.2, 0.25) is 0 Å². The van der Waals surface area contributed by atoms with Crippen molar-refractivity contribution in [2.24, 2.45) is 0 Å². The fourth-order valence-corrected chi connectivity index (χ4v) is 2.65. The van der Waals surface area contributed by atoms with Gasteiger partial charge in [-0.3, -0.25) is 4.40 Å². The predicted molar refractivity (Wildman–Crippen MR) is 68.4 cm³/mol. The molecule has 0 unspecified atom stereocenters. The number of imidazole rings is 1. The third-order valence-corrected chi connectivity index (χ3v) is 3.46. The molecule has 0 aliphatic rings. The SMILES string of the molecule is Cc1cc(COC(=O)c2c(Cl)nc3sccn23)no1. The lowest BCUT2D eigenvalue weighted by Crippen LogP contribution is -2.08. The zero-order valence-electron chi connectivity index (χ0n) is 9.79. The van der Waals surface area contributed by atoms with Crippen LogP contribution in [0.2, 0.25) is 5.15 Å². The van der Waals surface area contributed by atoms with E-state index in [-0.39, 0.29) is 17.5 Å². The van der Waals surface area contributed by atoms with E-state index in [2.05, 4.69) is 10.1 Å². The first-order chi connectivity index (χ1) is 9.15. The van der Waals surface area contributed by atoms with E-state index in [9.17, 15) is 4.79 Å². The van der Waals surface area contributed by atoms with Gasteiger partial charge in [0.1, 0.15) is 18.1 Å². The lowest BCUT2D eigenvalue weighted by atomic mass is 10.4. The number of ether oxygens (including phenoxy) is 1. The summed E-state index contributed by atoms with van der Waals surface area (Å²) in [5, 5.41) is 5.69. The van der Waals surface area contributed by atoms with Crippen molar-refractivity contribution >= 4 is 33.9 Å². The number of hydrogen-bond donors (Lipinski definition) is 0. The molecule has 0 fully saturated rings. The molecule has 6 nitrogen and oxygen atoms in total. The molecule has 3 aromatic rings. The number of aromatic nitrogens is 3. The summed E-state index contributed by atoms with van der Waals surface area (Å²) in [5.74, 6) is 0.116. The maximum absolute atomic E-state index is 12.0. The first-order valence-corrected chi connectivity index (χ1v) is 6.61. The van der Waals surface area contributed by atoms with Gasteiger partial charge in [-0.25, -0.2) is 9.78 Å². The summed E-state index contributed by atoms with van der Waals surface area (Å²) in [6.07, 6.45) is 1.72. The van der Waals surface area contributed by atoms with Gasteiger partial charge < -0.3 is 9.26 Å². The minimum Gasteiger partial charge on any atom is -0.454 e. The van der Waals surface area contributed by atoms with E-state index < -0.39 is 5.97 Å². The lowest BCUT2D eigenvalue weighted by Gasteiger charge is -2.01. The molecular formula is C11H8ClN3O3S. The maximum atomic E-state index is 12.0. The van der Waals surface area contributed by atoms with Crippen LogP contribution in [0.3, 0.4) is 0 Å². The van der Waals surface area contributed by atoms with Crippen LogP contribution in [0.1, 0.15) is 21.9 Å². The van der Waals surface area contributed by atoms with Gasteiger partial charge >= 0.3 is 5.97 Å². The molecule has 8 heteroatoms. The second-order valence-corrected chi connectivity index (χ2v) is 5.04. The predicted octanol–water partition coefficient (Wildman–Crippen LogP) is 2.70. The first kappa shape index (κ1) is 12.2. The third kappa shape index (κ3) is 2.22. The van der Waals surface area contributed by atoms with Crippen LogP contribution in [-0.4, -0.2) is 20.5 Å². The highest BCUT2D eigenvalue weighted by molar-refractivity contribution is 7.15. The molecule has 0 aliphatic carbocycles. The van der Waals surface area contributed by atoms with Crippen LogP contribution < -0.4 is 0 Å². The highest BCUT2D eigenvalue weighted by atomic mass is 35.5. The molecule has 0 bridgehead atoms. The Balaban J connectivity index is 1.80. The summed E-state index contributed by atoms with van der Waals surface area (Å²) >= 11 is 7.32. The van der Waals surface area contributed by atoms with Crippen LogP contribution in [0.15, 0.2) is 22.2 Å². The van der Waals surface area contributed by atoms with Gasteiger partial charge in [-0.05, 0) is 6.92 Å². The summed E-state index contributed by atoms with van der Waals surface area (Å²) in [6, 6.07) is 1.70. The average Bonchev–Trinajstić information content (AvgIpc) is 3.02. The molecule has 0 saturated carbocycles. The normalized spacial score (nSPS) is 11.1. The van der Waals surface area contributed by atoms with Gasteiger partial charge in [0, 0.05) is 17.6 Å². The van der Waals surface area contributed by atoms with Crippen LogP contribution >= 0.6 is 22.9 Å². The van der Waals surface area contributed by atoms with Crippen LogP contribution in [-0.2, 0) is 11.3 Å². The molecule has 0 spiro atoms. The maximum Gasteiger partial charge on any atom is 0.359 e. The number of rotatable bonds is 3. The van der Waals surface area contributed by atoms with Crippen LogP contribution in [0, 0.1) is 6.92 Å². The zero-order valence-corrected chi connectivity index (χ0v) is 11.4. The number of aryl methyl sites for hydroxylation is 1. The van der Waals surface area contributed by atoms with Gasteiger partial charge in [0.05, 0.1) is 0 Å². The molecule has 0 saturated heterocycles. The van der Waals surface area contributed by atoms with E-state index in [1.54, 1.807) is 23.6 Å². The van der Waals surface area contributed by atoms with E-state index in [1.807, 2.05) is 5.38 Å². The summed E-state index contributed by atoms with van der Waals surface area (Å²) in [5.41, 5.74) is 0.770. The Bertz CT molecular complexity index is 745. The molecule has 3 heterocycles. The smallest absolute Gasteiger partial charge is 0.359 e. The van der Waals surface area contributed by atoms with Gasteiger partial charge in [-0.2, -0.15) is 0 Å². The van der Waals surface area contributed by atoms with E-state index in [0.717, 1.165) is 0 Å². The van der Waals surface area contributed by atoms with Crippen molar-refractivity contribution in [2.75, 3.05) is 0 Å². The molecule has 0 amide bonds. The van der Waals surface area contributed by atoms with Gasteiger partial charge in [-0.15, -0.1) is 11.3 Å². The monoisotopic (exact) mass is 297 g/mol. The van der Waals surface area contributed by atoms with Crippen molar-refractivity contribution in [3.63, 3.8) is 0 Å². The number of carbonyl (C=O) groups excluding carboxylic acids is 1. The molecule has 3 rings (SSSR count). The van der Waals surface area contributed by atoms with E-state index in [4.69, 9.17) is 20.9 Å². The summed E-state index contributed by atoms with van der Waals surface area (Å²) < 4.78 is 11.6. The number of carbonyl (C=O) groups is 1. The standard InChI is InChI=1S/C11H8ClN3O3S/c1-6-4-7(14-18-6)5-17-10(16)8-9(12)13-11-15(8)2-3-19-11/h2-4H,5H2,1H3. The Hall–Kier alpha value is -1.86. The van der Waals surface area contributed by atoms with Crippen molar-refractivity contribution < 1.29 is 14.1 Å². The van der Waals surface area contributed by atoms with E-state index >= 15 is 0 Å². The minimum atomic E-state index is -0.545. The number of thiazole rings is 1. The second-order valence-electron chi connectivity index (χ2n) is 3.81. The quantitative estimate of drug-likeness (QED) is 0.695. The van der Waals surface area contributed by atoms with E-state index in [1.165, 1.54) is 11.3 Å². The molecular weight excluding hydrogens is 290 g/mol. The van der Waals surface area contributed by atoms with Crippen molar-refractivity contribution in [2.45, 2.75) is 13.5 Å². The summed E-state index contributed by atoms with van der Waals surface area (Å²) in [6.45, 7) is 1.80. The van der Waals surface area contributed by atoms with Gasteiger partial charge in [-0.1, -0.05) is 16.8 Å². The Morgan fingerprint density at radius 2 is 2.47 bits per heavy atom. The topological polar surface area (TPSA) is 69.6 Å². The highest BCUT2D eigenvalue weighted by Gasteiger charge is 2.20. The number of nitrogens with zero attached hydrogens (tertiary/aromatic N) is 3. The zero-order chi connectivity index (χ0) is 13.4. The summed E-state index contributed by atoms with van der Waals surface area (Å²) in [4.78, 5) is 16.7.